The number of hydrogen-bond acceptors (Lipinski definition) is 4. The summed E-state index contributed by atoms with van der Waals surface area (Å²) in [5, 5.41) is 35.9. The van der Waals surface area contributed by atoms with Crippen LogP contribution in [0.3, 0.4) is 0 Å². The first-order valence-electron chi connectivity index (χ1n) is 3.40. The molecule has 0 bridgehead atoms. The average molecular weight is 227 g/mol. The van der Waals surface area contributed by atoms with Gasteiger partial charge in [0.2, 0.25) is 0 Å². The molecule has 0 aromatic rings. The van der Waals surface area contributed by atoms with Crippen LogP contribution in [0.4, 0.5) is 0 Å². The topological polar surface area (TPSA) is 80.9 Å². The maximum atomic E-state index is 9.20. The first kappa shape index (κ1) is 9.45. The van der Waals surface area contributed by atoms with Crippen molar-refractivity contribution in [3.05, 3.63) is 0 Å². The van der Waals surface area contributed by atoms with Crippen LogP contribution in [0.5, 0.6) is 0 Å². The Morgan fingerprint density at radius 2 is 2.09 bits per heavy atom. The summed E-state index contributed by atoms with van der Waals surface area (Å²) in [7, 11) is 0. The summed E-state index contributed by atoms with van der Waals surface area (Å²) in [5.74, 6) is 0. The van der Waals surface area contributed by atoms with Gasteiger partial charge in [0, 0.05) is 0 Å². The summed E-state index contributed by atoms with van der Waals surface area (Å²) < 4.78 is -0.791. The van der Waals surface area contributed by atoms with Gasteiger partial charge in [0.25, 0.3) is 0 Å². The minimum absolute atomic E-state index is 0.315. The standard InChI is InChI=1S/C6H12O4Se/c7-2-4(9)6(11)1-3(8)5(6)10/h3-5,7-11H,1-2H2/t3-,4-,5-,6-/m1/s1. The number of rotatable bonds is 2. The van der Waals surface area contributed by atoms with E-state index in [-0.39, 0.29) is 0 Å². The van der Waals surface area contributed by atoms with E-state index >= 15 is 0 Å². The number of hydrogen-bond donors (Lipinski definition) is 4. The fourth-order valence-electron chi connectivity index (χ4n) is 1.23. The summed E-state index contributed by atoms with van der Waals surface area (Å²) in [6, 6.07) is 0. The summed E-state index contributed by atoms with van der Waals surface area (Å²) >= 11 is 2.12. The molecule has 5 heteroatoms. The third-order valence-electron chi connectivity index (χ3n) is 2.16. The van der Waals surface area contributed by atoms with Crippen LogP contribution in [0.25, 0.3) is 0 Å². The van der Waals surface area contributed by atoms with Crippen molar-refractivity contribution in [2.45, 2.75) is 29.0 Å². The first-order valence-corrected chi connectivity index (χ1v) is 4.33. The molecule has 1 aliphatic rings. The van der Waals surface area contributed by atoms with Crippen LogP contribution in [-0.4, -0.2) is 61.4 Å². The molecule has 1 fully saturated rings. The Balaban J connectivity index is 2.56. The van der Waals surface area contributed by atoms with Crippen LogP contribution in [0.15, 0.2) is 0 Å². The summed E-state index contributed by atoms with van der Waals surface area (Å²) in [6.07, 6.45) is -2.36. The van der Waals surface area contributed by atoms with Gasteiger partial charge in [-0.3, -0.25) is 0 Å². The van der Waals surface area contributed by atoms with Crippen molar-refractivity contribution in [2.75, 3.05) is 6.61 Å². The first-order chi connectivity index (χ1) is 5.02. The van der Waals surface area contributed by atoms with Crippen LogP contribution in [0.2, 0.25) is 4.31 Å². The molecule has 0 radical (unpaired) electrons. The molecular formula is C6H12O4Se. The molecule has 4 N–H and O–H groups in total. The molecule has 0 unspecified atom stereocenters. The fraction of sp³-hybridized carbons (Fsp3) is 1.00. The third kappa shape index (κ3) is 1.33. The van der Waals surface area contributed by atoms with E-state index in [1.165, 1.54) is 0 Å². The van der Waals surface area contributed by atoms with E-state index in [9.17, 15) is 10.2 Å². The molecular weight excluding hydrogens is 215 g/mol. The fourth-order valence-corrected chi connectivity index (χ4v) is 2.16. The van der Waals surface area contributed by atoms with Crippen molar-refractivity contribution < 1.29 is 20.4 Å². The van der Waals surface area contributed by atoms with Crippen LogP contribution in [-0.2, 0) is 0 Å². The van der Waals surface area contributed by atoms with Crippen molar-refractivity contribution in [3.8, 4) is 0 Å². The van der Waals surface area contributed by atoms with Crippen LogP contribution < -0.4 is 0 Å². The van der Waals surface area contributed by atoms with Gasteiger partial charge in [-0.1, -0.05) is 0 Å². The Morgan fingerprint density at radius 1 is 1.55 bits per heavy atom. The summed E-state index contributed by atoms with van der Waals surface area (Å²) in [5.41, 5.74) is 0. The molecule has 66 valence electrons. The zero-order valence-corrected chi connectivity index (χ0v) is 7.76. The predicted octanol–water partition coefficient (Wildman–Crippen LogP) is -2.48. The van der Waals surface area contributed by atoms with Gasteiger partial charge in [0.1, 0.15) is 0 Å². The zero-order chi connectivity index (χ0) is 8.65. The van der Waals surface area contributed by atoms with E-state index in [1.54, 1.807) is 0 Å². The monoisotopic (exact) mass is 228 g/mol. The second kappa shape index (κ2) is 3.01. The molecule has 0 aromatic carbocycles. The summed E-state index contributed by atoms with van der Waals surface area (Å²) in [6.45, 7) is -0.390. The van der Waals surface area contributed by atoms with E-state index in [0.717, 1.165) is 0 Å². The van der Waals surface area contributed by atoms with Crippen molar-refractivity contribution in [1.82, 2.24) is 0 Å². The normalized spacial score (nSPS) is 46.6. The average Bonchev–Trinajstić information content (AvgIpc) is 2.02. The molecule has 0 saturated heterocycles. The third-order valence-corrected chi connectivity index (χ3v) is 3.73. The molecule has 4 nitrogen and oxygen atoms in total. The van der Waals surface area contributed by atoms with Gasteiger partial charge in [-0.25, -0.2) is 0 Å². The SMILES string of the molecule is OC[C@@H](O)[C@]1([SeH])C[C@@H](O)[C@H]1O. The van der Waals surface area contributed by atoms with Gasteiger partial charge in [0.05, 0.1) is 0 Å². The second-order valence-corrected chi connectivity index (χ2v) is 4.65. The Labute approximate surface area is 72.7 Å². The van der Waals surface area contributed by atoms with Gasteiger partial charge in [-0.05, 0) is 0 Å². The molecule has 1 rings (SSSR count). The van der Waals surface area contributed by atoms with Gasteiger partial charge in [0.15, 0.2) is 0 Å². The van der Waals surface area contributed by atoms with E-state index in [2.05, 4.69) is 16.0 Å². The maximum absolute atomic E-state index is 9.20. The molecule has 1 saturated carbocycles. The van der Waals surface area contributed by atoms with Crippen LogP contribution in [0.1, 0.15) is 6.42 Å². The van der Waals surface area contributed by atoms with Crippen molar-refractivity contribution >= 4 is 16.0 Å². The quantitative estimate of drug-likeness (QED) is 0.394. The molecule has 1 aliphatic carbocycles. The Bertz CT molecular complexity index is 148. The van der Waals surface area contributed by atoms with Crippen molar-refractivity contribution in [1.29, 1.82) is 0 Å². The molecule has 0 heterocycles. The molecule has 11 heavy (non-hydrogen) atoms. The van der Waals surface area contributed by atoms with Crippen LogP contribution in [0, 0.1) is 0 Å². The van der Waals surface area contributed by atoms with Gasteiger partial charge in [-0.15, -0.1) is 0 Å². The summed E-state index contributed by atoms with van der Waals surface area (Å²) in [4.78, 5) is 0. The Hall–Kier alpha value is 0.359. The number of aliphatic hydroxyl groups excluding tert-OH is 4. The minimum atomic E-state index is -0.971. The van der Waals surface area contributed by atoms with E-state index in [0.29, 0.717) is 6.42 Å². The van der Waals surface area contributed by atoms with E-state index in [1.807, 2.05) is 0 Å². The van der Waals surface area contributed by atoms with E-state index < -0.39 is 29.2 Å². The van der Waals surface area contributed by atoms with Gasteiger partial charge < -0.3 is 0 Å². The molecule has 0 spiro atoms. The molecule has 0 amide bonds. The second-order valence-electron chi connectivity index (χ2n) is 2.91. The van der Waals surface area contributed by atoms with Crippen molar-refractivity contribution in [2.24, 2.45) is 0 Å². The van der Waals surface area contributed by atoms with Gasteiger partial charge >= 0.3 is 72.1 Å². The zero-order valence-electron chi connectivity index (χ0n) is 5.88. The van der Waals surface area contributed by atoms with E-state index in [4.69, 9.17) is 10.2 Å². The van der Waals surface area contributed by atoms with Gasteiger partial charge in [-0.2, -0.15) is 0 Å². The Morgan fingerprint density at radius 3 is 2.36 bits per heavy atom. The Kier molecular flexibility index (Phi) is 2.59. The molecule has 0 aromatic heterocycles. The number of aliphatic hydroxyl groups is 4. The van der Waals surface area contributed by atoms with Crippen LogP contribution >= 0.6 is 0 Å². The predicted molar refractivity (Wildman–Crippen MR) is 39.6 cm³/mol. The van der Waals surface area contributed by atoms with Crippen molar-refractivity contribution in [3.63, 3.8) is 0 Å². The molecule has 0 aliphatic heterocycles. The molecule has 4 atom stereocenters.